The number of benzene rings is 3. The summed E-state index contributed by atoms with van der Waals surface area (Å²) < 4.78 is 7.99. The minimum absolute atomic E-state index is 0.712. The van der Waals surface area contributed by atoms with E-state index >= 15 is 0 Å². The number of anilines is 2. The minimum Gasteiger partial charge on any atom is -0.423 e. The Hall–Kier alpha value is -3.86. The molecule has 152 valence electrons. The molecule has 2 aliphatic heterocycles. The number of oxazole rings is 1. The minimum atomic E-state index is 0.712. The van der Waals surface area contributed by atoms with E-state index in [0.717, 1.165) is 48.5 Å². The molecule has 2 aliphatic rings. The van der Waals surface area contributed by atoms with Crippen LogP contribution in [0.3, 0.4) is 0 Å². The fourth-order valence-corrected chi connectivity index (χ4v) is 4.40. The molecule has 0 radical (unpaired) electrons. The molecule has 0 N–H and O–H groups in total. The van der Waals surface area contributed by atoms with Crippen LogP contribution >= 0.6 is 0 Å². The van der Waals surface area contributed by atoms with Crippen molar-refractivity contribution >= 4 is 41.3 Å². The fraction of sp³-hybridized carbons (Fsp3) is 0.154. The topological polar surface area (TPSA) is 35.5 Å². The lowest BCUT2D eigenvalue weighted by Gasteiger charge is -2.35. The average Bonchev–Trinajstić information content (AvgIpc) is 3.42. The van der Waals surface area contributed by atoms with Crippen molar-refractivity contribution in [3.63, 3.8) is 0 Å². The summed E-state index contributed by atoms with van der Waals surface area (Å²) in [6.45, 7) is 7.72. The van der Waals surface area contributed by atoms with Gasteiger partial charge in [-0.3, -0.25) is 0 Å². The Bertz CT molecular complexity index is 1310. The zero-order valence-corrected chi connectivity index (χ0v) is 17.2. The van der Waals surface area contributed by atoms with Crippen LogP contribution in [-0.4, -0.2) is 42.5 Å². The molecule has 0 spiro atoms. The van der Waals surface area contributed by atoms with E-state index in [1.165, 1.54) is 16.8 Å². The molecule has 3 heterocycles. The largest absolute Gasteiger partial charge is 0.423 e. The highest BCUT2D eigenvalue weighted by Gasteiger charge is 2.22. The van der Waals surface area contributed by atoms with Gasteiger partial charge in [-0.15, -0.1) is 0 Å². The summed E-state index contributed by atoms with van der Waals surface area (Å²) in [4.78, 5) is 9.46. The van der Waals surface area contributed by atoms with Crippen LogP contribution in [0.15, 0.2) is 77.3 Å². The average molecular weight is 407 g/mol. The van der Waals surface area contributed by atoms with Gasteiger partial charge in [0.05, 0.1) is 5.56 Å². The van der Waals surface area contributed by atoms with E-state index < -0.39 is 0 Å². The third-order valence-electron chi connectivity index (χ3n) is 6.15. The lowest BCUT2D eigenvalue weighted by atomic mass is 10.0. The molecular formula is C26H23N4O+. The molecular weight excluding hydrogens is 384 g/mol. The number of hydrogen-bond donors (Lipinski definition) is 0. The van der Waals surface area contributed by atoms with E-state index in [9.17, 15) is 0 Å². The number of aromatic nitrogens is 1. The quantitative estimate of drug-likeness (QED) is 0.440. The van der Waals surface area contributed by atoms with Crippen LogP contribution in [0.5, 0.6) is 0 Å². The highest BCUT2D eigenvalue weighted by atomic mass is 16.4. The van der Waals surface area contributed by atoms with Gasteiger partial charge in [-0.2, -0.15) is 9.56 Å². The standard InChI is InChI=1S/C26H23N4O/c1-28-12-11-21-17-19(7-9-24(21)28)20-8-10-25-23(18-20)27-26(31-25)30-15-13-29(14-16-30)22-5-3-2-4-6-22/h2-12,17-18H,1,13-16H2/q+1. The second kappa shape index (κ2) is 7.13. The molecule has 3 aromatic carbocycles. The van der Waals surface area contributed by atoms with Gasteiger partial charge in [0.2, 0.25) is 5.69 Å². The Balaban J connectivity index is 1.23. The molecule has 5 nitrogen and oxygen atoms in total. The number of fused-ring (bicyclic) bond motifs is 2. The lowest BCUT2D eigenvalue weighted by Crippen LogP contribution is -2.46. The maximum Gasteiger partial charge on any atom is 0.298 e. The van der Waals surface area contributed by atoms with Crippen molar-refractivity contribution in [3.05, 3.63) is 78.5 Å². The summed E-state index contributed by atoms with van der Waals surface area (Å²) in [5.41, 5.74) is 7.62. The third-order valence-corrected chi connectivity index (χ3v) is 6.15. The summed E-state index contributed by atoms with van der Waals surface area (Å²) in [5.74, 6) is 0. The van der Waals surface area contributed by atoms with Gasteiger partial charge in [-0.1, -0.05) is 24.3 Å². The molecule has 6 rings (SSSR count). The first-order valence-corrected chi connectivity index (χ1v) is 10.6. The summed E-state index contributed by atoms with van der Waals surface area (Å²) in [7, 11) is 0. The SMILES string of the molecule is C=[N+]1C=Cc2cc(-c3ccc4oc(N5CCN(c6ccccc6)CC5)nc4c3)ccc21. The van der Waals surface area contributed by atoms with Crippen molar-refractivity contribution < 1.29 is 8.99 Å². The highest BCUT2D eigenvalue weighted by molar-refractivity contribution is 5.83. The van der Waals surface area contributed by atoms with Gasteiger partial charge in [0.1, 0.15) is 12.2 Å². The first-order valence-electron chi connectivity index (χ1n) is 10.6. The molecule has 0 saturated carbocycles. The van der Waals surface area contributed by atoms with E-state index in [4.69, 9.17) is 9.40 Å². The maximum absolute atomic E-state index is 6.10. The Morgan fingerprint density at radius 2 is 1.58 bits per heavy atom. The van der Waals surface area contributed by atoms with Gasteiger partial charge in [0.25, 0.3) is 6.01 Å². The zero-order chi connectivity index (χ0) is 20.8. The smallest absolute Gasteiger partial charge is 0.298 e. The molecule has 0 atom stereocenters. The molecule has 0 amide bonds. The Kier molecular flexibility index (Phi) is 4.13. The van der Waals surface area contributed by atoms with Crippen molar-refractivity contribution in [2.45, 2.75) is 0 Å². The van der Waals surface area contributed by atoms with Crippen LogP contribution in [0.4, 0.5) is 17.4 Å². The Labute approximate surface area is 181 Å². The summed E-state index contributed by atoms with van der Waals surface area (Å²) in [5, 5.41) is 0. The van der Waals surface area contributed by atoms with Crippen LogP contribution in [0.25, 0.3) is 28.3 Å². The van der Waals surface area contributed by atoms with Crippen molar-refractivity contribution in [2.75, 3.05) is 36.0 Å². The molecule has 0 unspecified atom stereocenters. The van der Waals surface area contributed by atoms with E-state index in [1.807, 2.05) is 16.8 Å². The van der Waals surface area contributed by atoms with E-state index in [-0.39, 0.29) is 0 Å². The predicted octanol–water partition coefficient (Wildman–Crippen LogP) is 5.15. The van der Waals surface area contributed by atoms with Gasteiger partial charge in [-0.25, -0.2) is 0 Å². The normalized spacial score (nSPS) is 15.7. The number of rotatable bonds is 3. The molecule has 0 aliphatic carbocycles. The zero-order valence-electron chi connectivity index (χ0n) is 17.2. The first-order chi connectivity index (χ1) is 15.2. The second-order valence-electron chi connectivity index (χ2n) is 8.05. The van der Waals surface area contributed by atoms with Gasteiger partial charge >= 0.3 is 0 Å². The van der Waals surface area contributed by atoms with Gasteiger partial charge in [0.15, 0.2) is 11.8 Å². The van der Waals surface area contributed by atoms with Crippen LogP contribution < -0.4 is 9.80 Å². The fourth-order valence-electron chi connectivity index (χ4n) is 4.40. The lowest BCUT2D eigenvalue weighted by molar-refractivity contribution is -0.343. The number of piperazine rings is 1. The van der Waals surface area contributed by atoms with E-state index in [1.54, 1.807) is 0 Å². The number of hydrogen-bond acceptors (Lipinski definition) is 4. The van der Waals surface area contributed by atoms with Crippen LogP contribution in [0, 0.1) is 0 Å². The number of nitrogens with zero attached hydrogens (tertiary/aromatic N) is 4. The molecule has 1 fully saturated rings. The Morgan fingerprint density at radius 3 is 2.42 bits per heavy atom. The Morgan fingerprint density at radius 1 is 0.839 bits per heavy atom. The van der Waals surface area contributed by atoms with Crippen LogP contribution in [0.2, 0.25) is 0 Å². The first kappa shape index (κ1) is 18.0. The second-order valence-corrected chi connectivity index (χ2v) is 8.05. The summed E-state index contributed by atoms with van der Waals surface area (Å²) >= 11 is 0. The van der Waals surface area contributed by atoms with Gasteiger partial charge in [-0.05, 0) is 47.5 Å². The summed E-state index contributed by atoms with van der Waals surface area (Å²) in [6.07, 6.45) is 4.08. The van der Waals surface area contributed by atoms with E-state index in [2.05, 4.69) is 83.3 Å². The van der Waals surface area contributed by atoms with Crippen LogP contribution in [0.1, 0.15) is 5.56 Å². The molecule has 0 bridgehead atoms. The van der Waals surface area contributed by atoms with Gasteiger partial charge < -0.3 is 14.2 Å². The third kappa shape index (κ3) is 3.19. The van der Waals surface area contributed by atoms with E-state index in [0.29, 0.717) is 6.01 Å². The monoisotopic (exact) mass is 407 g/mol. The van der Waals surface area contributed by atoms with Crippen LogP contribution in [-0.2, 0) is 0 Å². The molecule has 4 aromatic rings. The maximum atomic E-state index is 6.10. The summed E-state index contributed by atoms with van der Waals surface area (Å²) in [6, 6.07) is 24.0. The molecule has 1 saturated heterocycles. The highest BCUT2D eigenvalue weighted by Crippen LogP contribution is 2.33. The number of para-hydroxylation sites is 1. The van der Waals surface area contributed by atoms with Crippen molar-refractivity contribution in [2.24, 2.45) is 0 Å². The molecule has 1 aromatic heterocycles. The van der Waals surface area contributed by atoms with Crippen molar-refractivity contribution in [3.8, 4) is 11.1 Å². The van der Waals surface area contributed by atoms with Crippen molar-refractivity contribution in [1.82, 2.24) is 4.98 Å². The molecule has 5 heteroatoms. The molecule has 31 heavy (non-hydrogen) atoms. The van der Waals surface area contributed by atoms with Crippen molar-refractivity contribution in [1.29, 1.82) is 0 Å². The van der Waals surface area contributed by atoms with Gasteiger partial charge in [0, 0.05) is 44.0 Å². The predicted molar refractivity (Wildman–Crippen MR) is 126 cm³/mol.